The van der Waals surface area contributed by atoms with Crippen LogP contribution < -0.4 is 10.1 Å². The van der Waals surface area contributed by atoms with Crippen LogP contribution in [0.3, 0.4) is 0 Å². The van der Waals surface area contributed by atoms with Gasteiger partial charge in [0.05, 0.1) is 17.3 Å². The average Bonchev–Trinajstić information content (AvgIpc) is 3.03. The molecule has 1 aromatic carbocycles. The lowest BCUT2D eigenvalue weighted by Gasteiger charge is -2.14. The standard InChI is InChI=1S/C16H16ClF3N2O3/c17-11-2-1-10(7-14(11)25-16(20)15(18)19)8-22-12-3-5-21-13(12)4-6-24-9-23/h1-3,5,7,9,15-16,21-22H,4,6,8H2. The Morgan fingerprint density at radius 2 is 2.08 bits per heavy atom. The first kappa shape index (κ1) is 19.0. The van der Waals surface area contributed by atoms with Gasteiger partial charge >= 0.3 is 6.43 Å². The van der Waals surface area contributed by atoms with E-state index in [0.29, 0.717) is 25.0 Å². The van der Waals surface area contributed by atoms with E-state index >= 15 is 0 Å². The number of ether oxygens (including phenoxy) is 2. The first-order chi connectivity index (χ1) is 12.0. The molecule has 136 valence electrons. The predicted molar refractivity (Wildman–Crippen MR) is 86.8 cm³/mol. The van der Waals surface area contributed by atoms with E-state index < -0.39 is 12.8 Å². The van der Waals surface area contributed by atoms with Crippen LogP contribution in [0.4, 0.5) is 18.9 Å². The number of H-pyrrole nitrogens is 1. The molecule has 2 N–H and O–H groups in total. The van der Waals surface area contributed by atoms with Crippen molar-refractivity contribution in [1.82, 2.24) is 4.98 Å². The molecule has 1 atom stereocenters. The summed E-state index contributed by atoms with van der Waals surface area (Å²) in [7, 11) is 0. The normalized spacial score (nSPS) is 12.0. The van der Waals surface area contributed by atoms with E-state index in [0.717, 1.165) is 11.4 Å². The molecule has 0 amide bonds. The lowest BCUT2D eigenvalue weighted by Crippen LogP contribution is -2.19. The Morgan fingerprint density at radius 1 is 1.28 bits per heavy atom. The van der Waals surface area contributed by atoms with Crippen molar-refractivity contribution in [1.29, 1.82) is 0 Å². The predicted octanol–water partition coefficient (Wildman–Crippen LogP) is 3.94. The Kier molecular flexibility index (Phi) is 7.00. The number of anilines is 1. The summed E-state index contributed by atoms with van der Waals surface area (Å²) in [5, 5.41) is 3.19. The van der Waals surface area contributed by atoms with Gasteiger partial charge in [0.15, 0.2) is 0 Å². The van der Waals surface area contributed by atoms with Gasteiger partial charge in [-0.25, -0.2) is 8.78 Å². The van der Waals surface area contributed by atoms with Crippen LogP contribution in [-0.2, 0) is 22.5 Å². The van der Waals surface area contributed by atoms with E-state index in [4.69, 9.17) is 11.6 Å². The number of halogens is 4. The van der Waals surface area contributed by atoms with Crippen molar-refractivity contribution in [3.05, 3.63) is 46.7 Å². The number of benzene rings is 1. The van der Waals surface area contributed by atoms with Gasteiger partial charge in [-0.3, -0.25) is 4.79 Å². The van der Waals surface area contributed by atoms with Crippen LogP contribution in [0.5, 0.6) is 5.75 Å². The van der Waals surface area contributed by atoms with Crippen molar-refractivity contribution in [2.45, 2.75) is 25.7 Å². The molecule has 0 fully saturated rings. The first-order valence-electron chi connectivity index (χ1n) is 7.34. The highest BCUT2D eigenvalue weighted by Gasteiger charge is 2.22. The van der Waals surface area contributed by atoms with Gasteiger partial charge in [0.25, 0.3) is 12.8 Å². The molecule has 0 radical (unpaired) electrons. The van der Waals surface area contributed by atoms with E-state index in [2.05, 4.69) is 19.8 Å². The molecule has 1 unspecified atom stereocenters. The Labute approximate surface area is 147 Å². The Balaban J connectivity index is 1.99. The van der Waals surface area contributed by atoms with Gasteiger partial charge in [-0.05, 0) is 23.8 Å². The van der Waals surface area contributed by atoms with Crippen molar-refractivity contribution in [2.75, 3.05) is 11.9 Å². The molecular weight excluding hydrogens is 361 g/mol. The average molecular weight is 377 g/mol. The van der Waals surface area contributed by atoms with Crippen molar-refractivity contribution >= 4 is 23.8 Å². The zero-order valence-electron chi connectivity index (χ0n) is 13.0. The summed E-state index contributed by atoms with van der Waals surface area (Å²) in [6.07, 6.45) is -3.77. The minimum Gasteiger partial charge on any atom is -0.467 e. The molecule has 25 heavy (non-hydrogen) atoms. The first-order valence-corrected chi connectivity index (χ1v) is 7.71. The van der Waals surface area contributed by atoms with Gasteiger partial charge in [0, 0.05) is 24.9 Å². The SMILES string of the molecule is O=COCCc1[nH]ccc1NCc1ccc(Cl)c(OC(F)C(F)F)c1. The maximum absolute atomic E-state index is 13.0. The number of aromatic amines is 1. The maximum atomic E-state index is 13.0. The molecule has 2 aromatic rings. The number of rotatable bonds is 10. The van der Waals surface area contributed by atoms with Crippen LogP contribution >= 0.6 is 11.6 Å². The number of alkyl halides is 3. The molecule has 5 nitrogen and oxygen atoms in total. The van der Waals surface area contributed by atoms with Crippen molar-refractivity contribution in [3.63, 3.8) is 0 Å². The molecule has 2 rings (SSSR count). The second kappa shape index (κ2) is 9.22. The fourth-order valence-electron chi connectivity index (χ4n) is 2.10. The van der Waals surface area contributed by atoms with Gasteiger partial charge in [0.1, 0.15) is 5.75 Å². The lowest BCUT2D eigenvalue weighted by atomic mass is 10.2. The quantitative estimate of drug-likeness (QED) is 0.487. The summed E-state index contributed by atoms with van der Waals surface area (Å²) >= 11 is 5.84. The fraction of sp³-hybridized carbons (Fsp3) is 0.312. The van der Waals surface area contributed by atoms with Crippen LogP contribution in [0.25, 0.3) is 0 Å². The smallest absolute Gasteiger partial charge is 0.304 e. The Bertz CT molecular complexity index is 697. The molecule has 0 aliphatic rings. The largest absolute Gasteiger partial charge is 0.467 e. The maximum Gasteiger partial charge on any atom is 0.304 e. The van der Waals surface area contributed by atoms with E-state index in [1.165, 1.54) is 12.1 Å². The molecule has 1 aromatic heterocycles. The van der Waals surface area contributed by atoms with E-state index in [1.807, 2.05) is 0 Å². The van der Waals surface area contributed by atoms with Crippen molar-refractivity contribution in [3.8, 4) is 5.75 Å². The van der Waals surface area contributed by atoms with E-state index in [1.54, 1.807) is 18.3 Å². The molecular formula is C16H16ClF3N2O3. The second-order valence-corrected chi connectivity index (χ2v) is 5.42. The summed E-state index contributed by atoms with van der Waals surface area (Å²) in [6, 6.07) is 6.31. The summed E-state index contributed by atoms with van der Waals surface area (Å²) in [6.45, 7) is 0.949. The van der Waals surface area contributed by atoms with Crippen molar-refractivity contribution in [2.24, 2.45) is 0 Å². The van der Waals surface area contributed by atoms with E-state index in [-0.39, 0.29) is 17.4 Å². The highest BCUT2D eigenvalue weighted by atomic mass is 35.5. The van der Waals surface area contributed by atoms with Crippen LogP contribution in [0.2, 0.25) is 5.02 Å². The summed E-state index contributed by atoms with van der Waals surface area (Å²) in [5.41, 5.74) is 2.30. The third-order valence-corrected chi connectivity index (χ3v) is 3.60. The molecule has 9 heteroatoms. The molecule has 0 saturated heterocycles. The summed E-state index contributed by atoms with van der Waals surface area (Å²) < 4.78 is 46.8. The monoisotopic (exact) mass is 376 g/mol. The lowest BCUT2D eigenvalue weighted by molar-refractivity contribution is -0.128. The van der Waals surface area contributed by atoms with Gasteiger partial charge in [-0.1, -0.05) is 17.7 Å². The molecule has 0 aliphatic heterocycles. The molecule has 0 spiro atoms. The van der Waals surface area contributed by atoms with Crippen LogP contribution in [-0.4, -0.2) is 30.8 Å². The van der Waals surface area contributed by atoms with E-state index in [9.17, 15) is 18.0 Å². The number of aromatic nitrogens is 1. The topological polar surface area (TPSA) is 63.4 Å². The van der Waals surface area contributed by atoms with Gasteiger partial charge in [-0.2, -0.15) is 4.39 Å². The molecule has 1 heterocycles. The fourth-order valence-corrected chi connectivity index (χ4v) is 2.27. The zero-order valence-corrected chi connectivity index (χ0v) is 13.7. The van der Waals surface area contributed by atoms with Gasteiger partial charge < -0.3 is 19.8 Å². The van der Waals surface area contributed by atoms with Gasteiger partial charge in [-0.15, -0.1) is 0 Å². The minimum absolute atomic E-state index is 0.0420. The number of carbonyl (C=O) groups excluding carboxylic acids is 1. The van der Waals surface area contributed by atoms with Crippen LogP contribution in [0.15, 0.2) is 30.5 Å². The number of carbonyl (C=O) groups is 1. The van der Waals surface area contributed by atoms with Gasteiger partial charge in [0.2, 0.25) is 0 Å². The Morgan fingerprint density at radius 3 is 2.80 bits per heavy atom. The molecule has 0 aliphatic carbocycles. The zero-order chi connectivity index (χ0) is 18.2. The highest BCUT2D eigenvalue weighted by molar-refractivity contribution is 6.32. The second-order valence-electron chi connectivity index (χ2n) is 5.01. The highest BCUT2D eigenvalue weighted by Crippen LogP contribution is 2.28. The Hall–Kier alpha value is -2.35. The number of nitrogens with one attached hydrogen (secondary N) is 2. The summed E-state index contributed by atoms with van der Waals surface area (Å²) in [4.78, 5) is 13.2. The molecule has 0 saturated carbocycles. The van der Waals surface area contributed by atoms with Crippen molar-refractivity contribution < 1.29 is 27.4 Å². The van der Waals surface area contributed by atoms with Crippen LogP contribution in [0, 0.1) is 0 Å². The third kappa shape index (κ3) is 5.60. The number of hydrogen-bond acceptors (Lipinski definition) is 4. The molecule has 0 bridgehead atoms. The third-order valence-electron chi connectivity index (χ3n) is 3.29. The summed E-state index contributed by atoms with van der Waals surface area (Å²) in [5.74, 6) is -0.151. The van der Waals surface area contributed by atoms with Crippen LogP contribution in [0.1, 0.15) is 11.3 Å². The minimum atomic E-state index is -3.26. The number of hydrogen-bond donors (Lipinski definition) is 2.